The average Bonchev–Trinajstić information content (AvgIpc) is 2.89. The smallest absolute Gasteiger partial charge is 0.240 e. The van der Waals surface area contributed by atoms with Crippen LogP contribution in [0.1, 0.15) is 38.5 Å². The maximum absolute atomic E-state index is 12.2. The fourth-order valence-corrected chi connectivity index (χ4v) is 5.76. The monoisotopic (exact) mass is 306 g/mol. The molecule has 4 saturated carbocycles. The Bertz CT molecular complexity index is 495. The third-order valence-electron chi connectivity index (χ3n) is 5.80. The summed E-state index contributed by atoms with van der Waals surface area (Å²) >= 11 is 1.37. The van der Waals surface area contributed by atoms with E-state index in [2.05, 4.69) is 27.5 Å². The van der Waals surface area contributed by atoms with E-state index in [0.717, 1.165) is 17.8 Å². The largest absolute Gasteiger partial charge is 0.299 e. The van der Waals surface area contributed by atoms with Gasteiger partial charge in [-0.05, 0) is 63.3 Å². The van der Waals surface area contributed by atoms with E-state index >= 15 is 0 Å². The highest BCUT2D eigenvalue weighted by atomic mass is 32.1. The third-order valence-corrected chi connectivity index (χ3v) is 6.41. The fourth-order valence-electron chi connectivity index (χ4n) is 5.30. The number of nitrogens with zero attached hydrogens (tertiary/aromatic N) is 3. The lowest BCUT2D eigenvalue weighted by Crippen LogP contribution is -2.59. The Morgan fingerprint density at radius 3 is 2.48 bits per heavy atom. The standard InChI is InChI=1S/C15H22N4OS/c1-19(8-13(20)17-14-18-16-9-21-14)15-5-10-2-11(6-15)4-12(3-10)7-15/h9-12H,2-8H2,1H3,(H,17,18,20). The summed E-state index contributed by atoms with van der Waals surface area (Å²) in [6.07, 6.45) is 8.18. The maximum Gasteiger partial charge on any atom is 0.240 e. The van der Waals surface area contributed by atoms with Crippen LogP contribution in [0.25, 0.3) is 0 Å². The molecule has 4 fully saturated rings. The van der Waals surface area contributed by atoms with Crippen molar-refractivity contribution in [2.45, 2.75) is 44.1 Å². The molecule has 1 N–H and O–H groups in total. The molecule has 0 saturated heterocycles. The Morgan fingerprint density at radius 1 is 1.33 bits per heavy atom. The zero-order valence-corrected chi connectivity index (χ0v) is 13.2. The van der Waals surface area contributed by atoms with E-state index in [1.807, 2.05) is 0 Å². The first-order valence-electron chi connectivity index (χ1n) is 7.90. The predicted octanol–water partition coefficient (Wildman–Crippen LogP) is 2.38. The first-order valence-corrected chi connectivity index (χ1v) is 8.78. The molecule has 6 heteroatoms. The summed E-state index contributed by atoms with van der Waals surface area (Å²) in [6.45, 7) is 0.464. The van der Waals surface area contributed by atoms with Crippen LogP contribution in [-0.2, 0) is 4.79 Å². The molecular formula is C15H22N4OS. The SMILES string of the molecule is CN(CC(=O)Nc1nncs1)C12CC3CC(CC(C3)C1)C2. The molecule has 4 bridgehead atoms. The van der Waals surface area contributed by atoms with E-state index in [1.54, 1.807) is 5.51 Å². The number of hydrogen-bond donors (Lipinski definition) is 1. The first kappa shape index (κ1) is 13.6. The molecule has 0 radical (unpaired) electrons. The van der Waals surface area contributed by atoms with Gasteiger partial charge in [-0.2, -0.15) is 0 Å². The van der Waals surface area contributed by atoms with E-state index in [-0.39, 0.29) is 11.4 Å². The second kappa shape index (κ2) is 5.02. The van der Waals surface area contributed by atoms with Crippen LogP contribution < -0.4 is 5.32 Å². The second-order valence-corrected chi connectivity index (χ2v) is 8.12. The van der Waals surface area contributed by atoms with E-state index in [4.69, 9.17) is 0 Å². The van der Waals surface area contributed by atoms with Crippen LogP contribution >= 0.6 is 11.3 Å². The highest BCUT2D eigenvalue weighted by Gasteiger charge is 2.52. The van der Waals surface area contributed by atoms with Gasteiger partial charge in [-0.15, -0.1) is 10.2 Å². The van der Waals surface area contributed by atoms with Crippen LogP contribution in [0.2, 0.25) is 0 Å². The van der Waals surface area contributed by atoms with E-state index in [0.29, 0.717) is 11.7 Å². The summed E-state index contributed by atoms with van der Waals surface area (Å²) in [5.74, 6) is 2.75. The molecule has 5 rings (SSSR count). The number of likely N-dealkylation sites (N-methyl/N-ethyl adjacent to an activating group) is 1. The lowest BCUT2D eigenvalue weighted by atomic mass is 9.52. The van der Waals surface area contributed by atoms with Gasteiger partial charge in [-0.1, -0.05) is 11.3 Å². The van der Waals surface area contributed by atoms with E-state index < -0.39 is 0 Å². The molecule has 0 unspecified atom stereocenters. The van der Waals surface area contributed by atoms with E-state index in [9.17, 15) is 4.79 Å². The quantitative estimate of drug-likeness (QED) is 0.928. The summed E-state index contributed by atoms with van der Waals surface area (Å²) in [7, 11) is 2.13. The molecule has 21 heavy (non-hydrogen) atoms. The lowest BCUT2D eigenvalue weighted by Gasteiger charge is -2.59. The molecule has 0 atom stereocenters. The van der Waals surface area contributed by atoms with Crippen LogP contribution in [0.3, 0.4) is 0 Å². The molecule has 1 amide bonds. The van der Waals surface area contributed by atoms with Gasteiger partial charge in [0.05, 0.1) is 6.54 Å². The number of carbonyl (C=O) groups is 1. The number of aromatic nitrogens is 2. The van der Waals surface area contributed by atoms with Gasteiger partial charge in [-0.25, -0.2) is 0 Å². The summed E-state index contributed by atoms with van der Waals surface area (Å²) in [5, 5.41) is 11.1. The third kappa shape index (κ3) is 2.48. The molecule has 0 spiro atoms. The van der Waals surface area contributed by atoms with Gasteiger partial charge in [0.2, 0.25) is 11.0 Å². The number of carbonyl (C=O) groups excluding carboxylic acids is 1. The van der Waals surface area contributed by atoms with E-state index in [1.165, 1.54) is 49.9 Å². The Hall–Kier alpha value is -1.01. The minimum absolute atomic E-state index is 0.0324. The molecule has 4 aliphatic rings. The van der Waals surface area contributed by atoms with Gasteiger partial charge in [-0.3, -0.25) is 15.0 Å². The Kier molecular flexibility index (Phi) is 3.26. The van der Waals surface area contributed by atoms with Crippen molar-refractivity contribution in [3.8, 4) is 0 Å². The van der Waals surface area contributed by atoms with Gasteiger partial charge in [0, 0.05) is 5.54 Å². The molecule has 1 heterocycles. The highest BCUT2D eigenvalue weighted by Crippen LogP contribution is 2.57. The second-order valence-electron chi connectivity index (χ2n) is 7.29. The predicted molar refractivity (Wildman–Crippen MR) is 82.1 cm³/mol. The molecular weight excluding hydrogens is 284 g/mol. The lowest BCUT2D eigenvalue weighted by molar-refractivity contribution is -0.123. The average molecular weight is 306 g/mol. The number of hydrogen-bond acceptors (Lipinski definition) is 5. The fraction of sp³-hybridized carbons (Fsp3) is 0.800. The first-order chi connectivity index (χ1) is 10.1. The van der Waals surface area contributed by atoms with Crippen LogP contribution in [0.15, 0.2) is 5.51 Å². The zero-order chi connectivity index (χ0) is 14.4. The molecule has 114 valence electrons. The van der Waals surface area contributed by atoms with Crippen LogP contribution in [-0.4, -0.2) is 40.1 Å². The van der Waals surface area contributed by atoms with Crippen molar-refractivity contribution in [2.75, 3.05) is 18.9 Å². The summed E-state index contributed by atoms with van der Waals surface area (Å²) in [6, 6.07) is 0. The van der Waals surface area contributed by atoms with Crippen molar-refractivity contribution in [2.24, 2.45) is 17.8 Å². The van der Waals surface area contributed by atoms with Gasteiger partial charge in [0.15, 0.2) is 0 Å². The van der Waals surface area contributed by atoms with Crippen LogP contribution in [0.4, 0.5) is 5.13 Å². The highest BCUT2D eigenvalue weighted by molar-refractivity contribution is 7.13. The summed E-state index contributed by atoms with van der Waals surface area (Å²) in [4.78, 5) is 14.5. The van der Waals surface area contributed by atoms with Crippen molar-refractivity contribution >= 4 is 22.4 Å². The van der Waals surface area contributed by atoms with Crippen molar-refractivity contribution < 1.29 is 4.79 Å². The Morgan fingerprint density at radius 2 is 1.95 bits per heavy atom. The maximum atomic E-state index is 12.2. The Balaban J connectivity index is 1.42. The Labute approximate surface area is 129 Å². The van der Waals surface area contributed by atoms with Crippen molar-refractivity contribution in [1.82, 2.24) is 15.1 Å². The topological polar surface area (TPSA) is 58.1 Å². The number of rotatable bonds is 4. The van der Waals surface area contributed by atoms with Gasteiger partial charge in [0.25, 0.3) is 0 Å². The van der Waals surface area contributed by atoms with Crippen molar-refractivity contribution in [1.29, 1.82) is 0 Å². The molecule has 0 aliphatic heterocycles. The van der Waals surface area contributed by atoms with Gasteiger partial charge >= 0.3 is 0 Å². The van der Waals surface area contributed by atoms with Crippen molar-refractivity contribution in [3.05, 3.63) is 5.51 Å². The van der Waals surface area contributed by atoms with Crippen molar-refractivity contribution in [3.63, 3.8) is 0 Å². The zero-order valence-electron chi connectivity index (χ0n) is 12.4. The summed E-state index contributed by atoms with van der Waals surface area (Å²) < 4.78 is 0. The van der Waals surface area contributed by atoms with Crippen LogP contribution in [0.5, 0.6) is 0 Å². The number of anilines is 1. The summed E-state index contributed by atoms with van der Waals surface area (Å²) in [5.41, 5.74) is 1.92. The molecule has 0 aromatic carbocycles. The molecule has 5 nitrogen and oxygen atoms in total. The molecule has 4 aliphatic carbocycles. The van der Waals surface area contributed by atoms with Gasteiger partial charge < -0.3 is 0 Å². The molecule has 1 aromatic heterocycles. The minimum Gasteiger partial charge on any atom is -0.299 e. The number of nitrogens with one attached hydrogen (secondary N) is 1. The molecule has 1 aromatic rings. The normalized spacial score (nSPS) is 37.1. The van der Waals surface area contributed by atoms with Gasteiger partial charge in [0.1, 0.15) is 5.51 Å². The number of amides is 1. The minimum atomic E-state index is 0.0324. The van der Waals surface area contributed by atoms with Crippen LogP contribution in [0, 0.1) is 17.8 Å².